The second-order valence-corrected chi connectivity index (χ2v) is 12.7. The SMILES string of the molecule is CC1=CC2CC=CC=CCC(O)CC=CCC(C)C3C(CSC3C(=O)C(=O)O)C(=O)C3=C(O)C2(CC1C)OC3=O. The standard InChI is InChI=1S/C31H38O8S/c1-17-10-8-9-13-21(32)12-7-5-4-6-11-20-14-18(2)19(3)15-31(20)28(35)24(30(38)39-31)25(33)22-16-40-27(23(17)22)26(34)29(36)37/h4-9,14,17,19-23,27,32,35H,10-13,15-16H2,1-3H3,(H,36,37). The highest BCUT2D eigenvalue weighted by Gasteiger charge is 2.58. The first-order valence-electron chi connectivity index (χ1n) is 13.9. The summed E-state index contributed by atoms with van der Waals surface area (Å²) < 4.78 is 5.91. The normalized spacial score (nSPS) is 37.1. The quantitative estimate of drug-likeness (QED) is 0.189. The monoisotopic (exact) mass is 570 g/mol. The first-order chi connectivity index (χ1) is 19.0. The van der Waals surface area contributed by atoms with Crippen LogP contribution in [0, 0.1) is 29.6 Å². The number of carbonyl (C=O) groups excluding carboxylic acids is 3. The lowest BCUT2D eigenvalue weighted by molar-refractivity contribution is -0.154. The number of fused-ring (bicyclic) bond motifs is 1. The van der Waals surface area contributed by atoms with Gasteiger partial charge in [-0.1, -0.05) is 62.0 Å². The average molecular weight is 571 g/mol. The third-order valence-corrected chi connectivity index (χ3v) is 10.2. The molecule has 2 aliphatic heterocycles. The highest BCUT2D eigenvalue weighted by molar-refractivity contribution is 8.01. The van der Waals surface area contributed by atoms with Gasteiger partial charge < -0.3 is 20.1 Å². The molecule has 9 heteroatoms. The van der Waals surface area contributed by atoms with Crippen LogP contribution in [-0.2, 0) is 23.9 Å². The third kappa shape index (κ3) is 5.77. The Balaban J connectivity index is 1.79. The maximum absolute atomic E-state index is 14.0. The van der Waals surface area contributed by atoms with Gasteiger partial charge in [0, 0.05) is 24.0 Å². The summed E-state index contributed by atoms with van der Waals surface area (Å²) in [5, 5.41) is 30.4. The van der Waals surface area contributed by atoms with Gasteiger partial charge in [0.2, 0.25) is 0 Å². The van der Waals surface area contributed by atoms with Gasteiger partial charge in [0.1, 0.15) is 5.57 Å². The van der Waals surface area contributed by atoms with Crippen molar-refractivity contribution < 1.29 is 39.2 Å². The fourth-order valence-corrected chi connectivity index (χ4v) is 8.12. The number of hydrogen-bond donors (Lipinski definition) is 3. The van der Waals surface area contributed by atoms with E-state index in [0.29, 0.717) is 32.1 Å². The molecule has 2 bridgehead atoms. The summed E-state index contributed by atoms with van der Waals surface area (Å²) in [4.78, 5) is 51.6. The Morgan fingerprint density at radius 1 is 1.02 bits per heavy atom. The van der Waals surface area contributed by atoms with Gasteiger partial charge >= 0.3 is 11.9 Å². The predicted molar refractivity (Wildman–Crippen MR) is 151 cm³/mol. The van der Waals surface area contributed by atoms with Crippen molar-refractivity contribution in [3.63, 3.8) is 0 Å². The summed E-state index contributed by atoms with van der Waals surface area (Å²) in [5.41, 5.74) is -0.648. The number of aliphatic carboxylic acids is 1. The molecule has 8 atom stereocenters. The van der Waals surface area contributed by atoms with Crippen LogP contribution in [0.1, 0.15) is 52.9 Å². The molecule has 1 saturated heterocycles. The number of allylic oxidation sites excluding steroid dienone is 5. The highest BCUT2D eigenvalue weighted by atomic mass is 32.2. The van der Waals surface area contributed by atoms with Crippen LogP contribution in [0.25, 0.3) is 0 Å². The van der Waals surface area contributed by atoms with Crippen LogP contribution in [-0.4, -0.2) is 61.5 Å². The van der Waals surface area contributed by atoms with Crippen molar-refractivity contribution in [2.24, 2.45) is 29.6 Å². The van der Waals surface area contributed by atoms with Gasteiger partial charge in [0.25, 0.3) is 5.78 Å². The molecule has 0 saturated carbocycles. The lowest BCUT2D eigenvalue weighted by Crippen LogP contribution is -2.44. The molecule has 216 valence electrons. The minimum atomic E-state index is -1.56. The summed E-state index contributed by atoms with van der Waals surface area (Å²) in [6, 6.07) is 0. The zero-order chi connectivity index (χ0) is 29.2. The molecular weight excluding hydrogens is 532 g/mol. The van der Waals surface area contributed by atoms with E-state index < -0.39 is 58.2 Å². The van der Waals surface area contributed by atoms with Crippen molar-refractivity contribution in [1.29, 1.82) is 0 Å². The number of Topliss-reactive ketones (excluding diaryl/α,β-unsaturated/α-hetero) is 2. The molecule has 0 aromatic carbocycles. The van der Waals surface area contributed by atoms with Gasteiger partial charge in [-0.25, -0.2) is 9.59 Å². The molecule has 2 heterocycles. The molecule has 0 aromatic heterocycles. The molecular formula is C31H38O8S. The zero-order valence-corrected chi connectivity index (χ0v) is 23.9. The van der Waals surface area contributed by atoms with Gasteiger partial charge in [-0.15, -0.1) is 11.8 Å². The number of aliphatic hydroxyl groups excluding tert-OH is 2. The topological polar surface area (TPSA) is 138 Å². The first kappa shape index (κ1) is 30.1. The molecule has 0 aromatic rings. The largest absolute Gasteiger partial charge is 0.507 e. The summed E-state index contributed by atoms with van der Waals surface area (Å²) in [6.45, 7) is 5.83. The van der Waals surface area contributed by atoms with Gasteiger partial charge in [0.05, 0.1) is 11.4 Å². The van der Waals surface area contributed by atoms with E-state index in [2.05, 4.69) is 0 Å². The Morgan fingerprint density at radius 3 is 2.38 bits per heavy atom. The van der Waals surface area contributed by atoms with Gasteiger partial charge in [-0.2, -0.15) is 0 Å². The second kappa shape index (κ2) is 12.3. The minimum Gasteiger partial charge on any atom is -0.507 e. The number of carboxylic acids is 1. The number of ketones is 2. The van der Waals surface area contributed by atoms with Crippen LogP contribution < -0.4 is 0 Å². The Bertz CT molecular complexity index is 1210. The van der Waals surface area contributed by atoms with Gasteiger partial charge in [-0.3, -0.25) is 9.59 Å². The van der Waals surface area contributed by atoms with Crippen molar-refractivity contribution in [3.8, 4) is 0 Å². The van der Waals surface area contributed by atoms with E-state index in [4.69, 9.17) is 4.74 Å². The minimum absolute atomic E-state index is 0.00628. The Hall–Kier alpha value is -2.91. The van der Waals surface area contributed by atoms with E-state index in [-0.39, 0.29) is 28.9 Å². The fourth-order valence-electron chi connectivity index (χ4n) is 6.40. The first-order valence-corrected chi connectivity index (χ1v) is 15.0. The van der Waals surface area contributed by atoms with Gasteiger partial charge in [-0.05, 0) is 50.4 Å². The predicted octanol–water partition coefficient (Wildman–Crippen LogP) is 4.51. The molecule has 4 aliphatic rings. The number of aliphatic hydroxyl groups is 2. The Labute approximate surface area is 238 Å². The van der Waals surface area contributed by atoms with Crippen molar-refractivity contribution in [3.05, 3.63) is 59.4 Å². The maximum Gasteiger partial charge on any atom is 0.373 e. The zero-order valence-electron chi connectivity index (χ0n) is 23.1. The summed E-state index contributed by atoms with van der Waals surface area (Å²) in [7, 11) is 0. The van der Waals surface area contributed by atoms with E-state index in [1.165, 1.54) is 0 Å². The third-order valence-electron chi connectivity index (χ3n) is 8.81. The van der Waals surface area contributed by atoms with Crippen LogP contribution in [0.3, 0.4) is 0 Å². The van der Waals surface area contributed by atoms with Crippen molar-refractivity contribution in [2.75, 3.05) is 5.75 Å². The number of hydrogen-bond acceptors (Lipinski definition) is 8. The number of thioether (sulfide) groups is 1. The number of esters is 1. The molecule has 0 radical (unpaired) electrons. The lowest BCUT2D eigenvalue weighted by Gasteiger charge is -2.40. The van der Waals surface area contributed by atoms with E-state index >= 15 is 0 Å². The molecule has 0 amide bonds. The van der Waals surface area contributed by atoms with Crippen LogP contribution in [0.5, 0.6) is 0 Å². The number of carboxylic acid groups (broad SMARTS) is 1. The highest BCUT2D eigenvalue weighted by Crippen LogP contribution is 2.51. The number of ether oxygens (including phenoxy) is 1. The van der Waals surface area contributed by atoms with Crippen molar-refractivity contribution in [2.45, 2.75) is 69.8 Å². The van der Waals surface area contributed by atoms with E-state index in [1.807, 2.05) is 63.3 Å². The van der Waals surface area contributed by atoms with Crippen LogP contribution in [0.15, 0.2) is 59.4 Å². The lowest BCUT2D eigenvalue weighted by atomic mass is 9.69. The Kier molecular flexibility index (Phi) is 9.25. The molecule has 8 unspecified atom stereocenters. The fraction of sp³-hybridized carbons (Fsp3) is 0.548. The van der Waals surface area contributed by atoms with Gasteiger partial charge in [0.15, 0.2) is 17.1 Å². The molecule has 1 spiro atoms. The van der Waals surface area contributed by atoms with E-state index in [0.717, 1.165) is 17.3 Å². The van der Waals surface area contributed by atoms with Crippen LogP contribution >= 0.6 is 11.8 Å². The molecule has 1 fully saturated rings. The number of rotatable bonds is 2. The molecule has 40 heavy (non-hydrogen) atoms. The smallest absolute Gasteiger partial charge is 0.373 e. The number of carbonyl (C=O) groups is 4. The van der Waals surface area contributed by atoms with E-state index in [1.54, 1.807) is 0 Å². The average Bonchev–Trinajstić information content (AvgIpc) is 3.44. The maximum atomic E-state index is 14.0. The molecule has 2 aliphatic carbocycles. The summed E-state index contributed by atoms with van der Waals surface area (Å²) in [5.74, 6) is -6.37. The van der Waals surface area contributed by atoms with Crippen LogP contribution in [0.2, 0.25) is 0 Å². The van der Waals surface area contributed by atoms with Crippen molar-refractivity contribution >= 4 is 35.3 Å². The summed E-state index contributed by atoms with van der Waals surface area (Å²) >= 11 is 1.11. The Morgan fingerprint density at radius 2 is 1.68 bits per heavy atom. The second-order valence-electron chi connectivity index (χ2n) is 11.5. The van der Waals surface area contributed by atoms with Crippen LogP contribution in [0.4, 0.5) is 0 Å². The molecule has 8 nitrogen and oxygen atoms in total. The van der Waals surface area contributed by atoms with E-state index in [9.17, 15) is 34.5 Å². The summed E-state index contributed by atoms with van der Waals surface area (Å²) in [6.07, 6.45) is 14.8. The molecule has 3 N–H and O–H groups in total. The van der Waals surface area contributed by atoms with Crippen molar-refractivity contribution in [1.82, 2.24) is 0 Å². The molecule has 4 rings (SSSR count).